The van der Waals surface area contributed by atoms with Crippen LogP contribution in [0.2, 0.25) is 0 Å². The third kappa shape index (κ3) is 5.19. The molecule has 1 amide bonds. The number of rotatable bonds is 6. The predicted octanol–water partition coefficient (Wildman–Crippen LogP) is 5.17. The second-order valence-corrected chi connectivity index (χ2v) is 9.56. The van der Waals surface area contributed by atoms with Crippen molar-refractivity contribution < 1.29 is 9.90 Å². The van der Waals surface area contributed by atoms with Gasteiger partial charge >= 0.3 is 0 Å². The molecule has 1 aliphatic rings. The van der Waals surface area contributed by atoms with Crippen LogP contribution in [0, 0.1) is 5.41 Å². The van der Waals surface area contributed by atoms with E-state index in [0.717, 1.165) is 16.4 Å². The average Bonchev–Trinajstić information content (AvgIpc) is 3.06. The molecule has 1 aliphatic heterocycles. The van der Waals surface area contributed by atoms with Gasteiger partial charge < -0.3 is 20.2 Å². The molecule has 6 heteroatoms. The van der Waals surface area contributed by atoms with E-state index in [1.807, 2.05) is 14.1 Å². The van der Waals surface area contributed by atoms with Gasteiger partial charge in [-0.15, -0.1) is 0 Å². The number of nitrogens with zero attached hydrogens (tertiary/aromatic N) is 2. The van der Waals surface area contributed by atoms with E-state index in [2.05, 4.69) is 72.4 Å². The van der Waals surface area contributed by atoms with Gasteiger partial charge in [0.05, 0.1) is 10.6 Å². The first kappa shape index (κ1) is 21.8. The third-order valence-electron chi connectivity index (χ3n) is 4.83. The van der Waals surface area contributed by atoms with Crippen LogP contribution in [0.5, 0.6) is 5.75 Å². The van der Waals surface area contributed by atoms with E-state index in [-0.39, 0.29) is 22.6 Å². The number of carbonyl (C=O) groups excluding carboxylic acids is 1. The molecule has 2 aromatic carbocycles. The summed E-state index contributed by atoms with van der Waals surface area (Å²) in [4.78, 5) is 17.9. The Morgan fingerprint density at radius 1 is 1.17 bits per heavy atom. The van der Waals surface area contributed by atoms with Gasteiger partial charge in [-0.1, -0.05) is 37.7 Å². The summed E-state index contributed by atoms with van der Waals surface area (Å²) < 4.78 is 0. The predicted molar refractivity (Wildman–Crippen MR) is 127 cm³/mol. The normalized spacial score (nSPS) is 15.3. The summed E-state index contributed by atoms with van der Waals surface area (Å²) in [5.41, 5.74) is 2.27. The van der Waals surface area contributed by atoms with Gasteiger partial charge in [-0.25, -0.2) is 0 Å². The van der Waals surface area contributed by atoms with Crippen LogP contribution in [-0.2, 0) is 0 Å². The van der Waals surface area contributed by atoms with Crippen molar-refractivity contribution in [2.45, 2.75) is 20.8 Å². The van der Waals surface area contributed by atoms with E-state index < -0.39 is 0 Å². The average molecular weight is 424 g/mol. The Labute approximate surface area is 183 Å². The molecule has 0 unspecified atom stereocenters. The molecule has 0 saturated heterocycles. The lowest BCUT2D eigenvalue weighted by Crippen LogP contribution is -2.33. The van der Waals surface area contributed by atoms with Crippen LogP contribution < -0.4 is 15.1 Å². The zero-order chi connectivity index (χ0) is 21.9. The van der Waals surface area contributed by atoms with Crippen molar-refractivity contribution in [1.29, 1.82) is 0 Å². The van der Waals surface area contributed by atoms with E-state index in [0.29, 0.717) is 6.54 Å². The summed E-state index contributed by atoms with van der Waals surface area (Å²) in [6.07, 6.45) is 4.33. The van der Waals surface area contributed by atoms with Gasteiger partial charge in [-0.3, -0.25) is 4.79 Å². The summed E-state index contributed by atoms with van der Waals surface area (Å²) in [7, 11) is 4.06. The van der Waals surface area contributed by atoms with Crippen LogP contribution in [0.3, 0.4) is 0 Å². The fraction of sp³-hybridized carbons (Fsp3) is 0.292. The van der Waals surface area contributed by atoms with Crippen molar-refractivity contribution in [3.8, 4) is 5.75 Å². The number of anilines is 2. The van der Waals surface area contributed by atoms with Crippen molar-refractivity contribution in [3.05, 3.63) is 76.3 Å². The van der Waals surface area contributed by atoms with Crippen molar-refractivity contribution in [1.82, 2.24) is 5.32 Å². The minimum Gasteiger partial charge on any atom is -0.507 e. The lowest BCUT2D eigenvalue weighted by molar-refractivity contribution is 0.0940. The number of phenols is 1. The van der Waals surface area contributed by atoms with Crippen LogP contribution >= 0.6 is 11.8 Å². The number of benzene rings is 2. The number of thioether (sulfide) groups is 1. The largest absolute Gasteiger partial charge is 0.507 e. The van der Waals surface area contributed by atoms with Crippen LogP contribution in [-0.4, -0.2) is 31.7 Å². The van der Waals surface area contributed by atoms with Gasteiger partial charge in [0.2, 0.25) is 0 Å². The number of hydrogen-bond acceptors (Lipinski definition) is 5. The van der Waals surface area contributed by atoms with Gasteiger partial charge in [0, 0.05) is 48.5 Å². The highest BCUT2D eigenvalue weighted by molar-refractivity contribution is 8.07. The van der Waals surface area contributed by atoms with Gasteiger partial charge in [0.1, 0.15) is 5.75 Å². The van der Waals surface area contributed by atoms with E-state index in [9.17, 15) is 9.90 Å². The fourth-order valence-electron chi connectivity index (χ4n) is 3.15. The van der Waals surface area contributed by atoms with E-state index >= 15 is 0 Å². The first-order valence-corrected chi connectivity index (χ1v) is 10.7. The van der Waals surface area contributed by atoms with E-state index in [4.69, 9.17) is 0 Å². The molecule has 5 nitrogen and oxygen atoms in total. The van der Waals surface area contributed by atoms with E-state index in [1.165, 1.54) is 11.0 Å². The molecule has 0 spiro atoms. The summed E-state index contributed by atoms with van der Waals surface area (Å²) >= 11 is 1.72. The Morgan fingerprint density at radius 2 is 1.83 bits per heavy atom. The number of para-hydroxylation sites is 1. The molecule has 0 fully saturated rings. The molecule has 0 saturated carbocycles. The first-order valence-electron chi connectivity index (χ1n) is 9.88. The van der Waals surface area contributed by atoms with Crippen molar-refractivity contribution in [2.75, 3.05) is 30.4 Å². The lowest BCUT2D eigenvalue weighted by Gasteiger charge is -2.25. The third-order valence-corrected chi connectivity index (χ3v) is 5.78. The molecular weight excluding hydrogens is 394 g/mol. The molecule has 3 rings (SSSR count). The number of carbonyl (C=O) groups is 1. The number of nitrogens with one attached hydrogen (secondary N) is 1. The Hall–Kier alpha value is -2.86. The zero-order valence-corrected chi connectivity index (χ0v) is 19.0. The molecule has 2 N–H and O–H groups in total. The maximum absolute atomic E-state index is 12.5. The topological polar surface area (TPSA) is 55.8 Å². The van der Waals surface area contributed by atoms with E-state index in [1.54, 1.807) is 30.0 Å². The summed E-state index contributed by atoms with van der Waals surface area (Å²) in [5, 5.41) is 14.0. The van der Waals surface area contributed by atoms with Crippen LogP contribution in [0.4, 0.5) is 11.4 Å². The van der Waals surface area contributed by atoms with Gasteiger partial charge in [0.15, 0.2) is 0 Å². The number of hydrogen-bond donors (Lipinski definition) is 2. The highest BCUT2D eigenvalue weighted by Gasteiger charge is 2.24. The first-order chi connectivity index (χ1) is 14.2. The van der Waals surface area contributed by atoms with Crippen LogP contribution in [0.1, 0.15) is 31.1 Å². The maximum Gasteiger partial charge on any atom is 0.255 e. The molecule has 0 aliphatic carbocycles. The monoisotopic (exact) mass is 423 g/mol. The number of aromatic hydroxyl groups is 1. The molecule has 2 aromatic rings. The standard InChI is InChI=1S/C24H29N3O2S/c1-17-15-27(19-12-10-18(11-13-19)26(4)5)22(30-17)14-24(2,3)16-25-23(29)20-8-6-7-9-21(20)28/h6-15,28H,16H2,1-5H3,(H,25,29). The molecule has 1 heterocycles. The second-order valence-electron chi connectivity index (χ2n) is 8.29. The summed E-state index contributed by atoms with van der Waals surface area (Å²) in [5.74, 6) is -0.284. The fourth-order valence-corrected chi connectivity index (χ4v) is 4.27. The summed E-state index contributed by atoms with van der Waals surface area (Å²) in [6.45, 7) is 6.73. The highest BCUT2D eigenvalue weighted by Crippen LogP contribution is 2.41. The minimum atomic E-state index is -0.275. The highest BCUT2D eigenvalue weighted by atomic mass is 32.2. The molecule has 0 atom stereocenters. The van der Waals surface area contributed by atoms with Gasteiger partial charge in [-0.05, 0) is 49.4 Å². The summed E-state index contributed by atoms with van der Waals surface area (Å²) in [6, 6.07) is 15.0. The van der Waals surface area contributed by atoms with Crippen LogP contribution in [0.15, 0.2) is 70.7 Å². The quantitative estimate of drug-likeness (QED) is 0.671. The van der Waals surface area contributed by atoms with Crippen molar-refractivity contribution in [2.24, 2.45) is 5.41 Å². The smallest absolute Gasteiger partial charge is 0.255 e. The molecule has 0 radical (unpaired) electrons. The molecule has 30 heavy (non-hydrogen) atoms. The van der Waals surface area contributed by atoms with Crippen molar-refractivity contribution in [3.63, 3.8) is 0 Å². The minimum absolute atomic E-state index is 0.00956. The molecule has 0 bridgehead atoms. The maximum atomic E-state index is 12.5. The lowest BCUT2D eigenvalue weighted by atomic mass is 9.93. The zero-order valence-electron chi connectivity index (χ0n) is 18.1. The second kappa shape index (κ2) is 8.88. The van der Waals surface area contributed by atoms with Crippen LogP contribution in [0.25, 0.3) is 0 Å². The molecular formula is C24H29N3O2S. The Balaban J connectivity index is 1.74. The molecule has 158 valence electrons. The Bertz CT molecular complexity index is 978. The molecule has 0 aromatic heterocycles. The number of amides is 1. The SMILES string of the molecule is CC1=CN(c2ccc(N(C)C)cc2)C(=CC(C)(C)CNC(=O)c2ccccc2O)S1. The number of phenolic OH excluding ortho intramolecular Hbond substituents is 1. The number of allylic oxidation sites excluding steroid dienone is 1. The van der Waals surface area contributed by atoms with Gasteiger partial charge in [0.25, 0.3) is 5.91 Å². The Kier molecular flexibility index (Phi) is 6.46. The van der Waals surface area contributed by atoms with Crippen molar-refractivity contribution >= 4 is 29.0 Å². The Morgan fingerprint density at radius 3 is 2.47 bits per heavy atom. The van der Waals surface area contributed by atoms with Gasteiger partial charge in [-0.2, -0.15) is 0 Å².